The number of hydrogen-bond acceptors (Lipinski definition) is 4. The summed E-state index contributed by atoms with van der Waals surface area (Å²) < 4.78 is 0. The van der Waals surface area contributed by atoms with Crippen LogP contribution in [-0.2, 0) is 0 Å². The van der Waals surface area contributed by atoms with Crippen LogP contribution in [-0.4, -0.2) is 27.8 Å². The molecule has 0 fully saturated rings. The molecule has 0 aliphatic heterocycles. The van der Waals surface area contributed by atoms with E-state index in [0.29, 0.717) is 5.56 Å². The fraction of sp³-hybridized carbons (Fsp3) is 0.250. The first-order chi connectivity index (χ1) is 8.74. The number of aromatic nitrogens is 1. The van der Waals surface area contributed by atoms with Gasteiger partial charge in [0.25, 0.3) is 0 Å². The summed E-state index contributed by atoms with van der Waals surface area (Å²) >= 11 is 0. The molecule has 1 heterocycles. The average molecular weight is 244 g/mol. The van der Waals surface area contributed by atoms with Crippen LogP contribution in [0, 0.1) is 0 Å². The van der Waals surface area contributed by atoms with Crippen molar-refractivity contribution < 1.29 is 10.2 Å². The van der Waals surface area contributed by atoms with Gasteiger partial charge in [0.05, 0.1) is 18.2 Å². The van der Waals surface area contributed by atoms with Gasteiger partial charge in [-0.05, 0) is 23.2 Å². The summed E-state index contributed by atoms with van der Waals surface area (Å²) in [5.74, 6) is 0. The monoisotopic (exact) mass is 244 g/mol. The highest BCUT2D eigenvalue weighted by Gasteiger charge is 2.19. The molecule has 0 saturated carbocycles. The zero-order valence-corrected chi connectivity index (χ0v) is 9.51. The minimum absolute atomic E-state index is 0.172. The quantitative estimate of drug-likeness (QED) is 0.488. The molecule has 1 aromatic heterocycles. The Hall–Kier alpha value is -2.14. The molecule has 0 spiro atoms. The van der Waals surface area contributed by atoms with Crippen molar-refractivity contribution in [3.8, 4) is 0 Å². The zero-order valence-electron chi connectivity index (χ0n) is 9.51. The minimum Gasteiger partial charge on any atom is -0.390 e. The van der Waals surface area contributed by atoms with E-state index in [4.69, 9.17) is 5.53 Å². The maximum atomic E-state index is 10.1. The molecule has 6 nitrogen and oxygen atoms in total. The van der Waals surface area contributed by atoms with Gasteiger partial charge in [0.1, 0.15) is 6.10 Å². The van der Waals surface area contributed by atoms with Crippen molar-refractivity contribution >= 4 is 10.9 Å². The number of benzene rings is 1. The summed E-state index contributed by atoms with van der Waals surface area (Å²) in [4.78, 5) is 6.73. The lowest BCUT2D eigenvalue weighted by molar-refractivity contribution is 0.0253. The second-order valence-corrected chi connectivity index (χ2v) is 3.84. The van der Waals surface area contributed by atoms with Gasteiger partial charge in [0, 0.05) is 16.5 Å². The second-order valence-electron chi connectivity index (χ2n) is 3.84. The maximum Gasteiger partial charge on any atom is 0.106 e. The van der Waals surface area contributed by atoms with Gasteiger partial charge in [0.2, 0.25) is 0 Å². The summed E-state index contributed by atoms with van der Waals surface area (Å²) in [6.07, 6.45) is -0.579. The van der Waals surface area contributed by atoms with E-state index in [1.54, 1.807) is 24.4 Å². The zero-order chi connectivity index (χ0) is 13.0. The summed E-state index contributed by atoms with van der Waals surface area (Å²) in [5.41, 5.74) is 9.51. The van der Waals surface area contributed by atoms with Gasteiger partial charge in [-0.3, -0.25) is 4.98 Å². The second kappa shape index (κ2) is 5.46. The van der Waals surface area contributed by atoms with Gasteiger partial charge in [-0.1, -0.05) is 23.3 Å². The topological polar surface area (TPSA) is 102 Å². The molecule has 2 atom stereocenters. The smallest absolute Gasteiger partial charge is 0.106 e. The molecule has 2 N–H and O–H groups in total. The van der Waals surface area contributed by atoms with Crippen molar-refractivity contribution in [2.45, 2.75) is 12.2 Å². The lowest BCUT2D eigenvalue weighted by Crippen LogP contribution is -2.21. The third-order valence-electron chi connectivity index (χ3n) is 2.69. The number of aliphatic hydroxyl groups is 2. The molecule has 18 heavy (non-hydrogen) atoms. The first-order valence-electron chi connectivity index (χ1n) is 5.44. The Bertz CT molecular complexity index is 590. The van der Waals surface area contributed by atoms with Crippen molar-refractivity contribution in [3.63, 3.8) is 0 Å². The van der Waals surface area contributed by atoms with E-state index in [-0.39, 0.29) is 6.54 Å². The number of hydrogen-bond donors (Lipinski definition) is 2. The van der Waals surface area contributed by atoms with Crippen LogP contribution >= 0.6 is 0 Å². The fourth-order valence-electron chi connectivity index (χ4n) is 1.81. The largest absolute Gasteiger partial charge is 0.390 e. The van der Waals surface area contributed by atoms with Crippen molar-refractivity contribution in [2.24, 2.45) is 5.11 Å². The number of azide groups is 1. The van der Waals surface area contributed by atoms with E-state index in [0.717, 1.165) is 10.9 Å². The Morgan fingerprint density at radius 1 is 1.28 bits per heavy atom. The van der Waals surface area contributed by atoms with Crippen LogP contribution in [0.3, 0.4) is 0 Å². The van der Waals surface area contributed by atoms with Gasteiger partial charge in [-0.15, -0.1) is 0 Å². The third-order valence-corrected chi connectivity index (χ3v) is 2.69. The summed E-state index contributed by atoms with van der Waals surface area (Å²) in [6.45, 7) is -0.172. The van der Waals surface area contributed by atoms with Gasteiger partial charge < -0.3 is 10.2 Å². The van der Waals surface area contributed by atoms with Crippen LogP contribution < -0.4 is 0 Å². The fourth-order valence-corrected chi connectivity index (χ4v) is 1.81. The molecule has 0 aliphatic carbocycles. The summed E-state index contributed by atoms with van der Waals surface area (Å²) in [7, 11) is 0. The highest BCUT2D eigenvalue weighted by molar-refractivity contribution is 5.82. The van der Waals surface area contributed by atoms with Crippen molar-refractivity contribution in [1.82, 2.24) is 4.98 Å². The Balaban J connectivity index is 2.38. The Morgan fingerprint density at radius 3 is 2.89 bits per heavy atom. The number of aliphatic hydroxyl groups excluding tert-OH is 2. The van der Waals surface area contributed by atoms with Crippen molar-refractivity contribution in [3.05, 3.63) is 52.5 Å². The van der Waals surface area contributed by atoms with Crippen LogP contribution in [0.2, 0.25) is 0 Å². The molecular weight excluding hydrogens is 232 g/mol. The maximum absolute atomic E-state index is 10.1. The van der Waals surface area contributed by atoms with E-state index in [1.165, 1.54) is 0 Å². The molecule has 2 rings (SSSR count). The van der Waals surface area contributed by atoms with Crippen LogP contribution in [0.4, 0.5) is 0 Å². The Kier molecular flexibility index (Phi) is 3.74. The molecule has 2 unspecified atom stereocenters. The van der Waals surface area contributed by atoms with E-state index < -0.39 is 12.2 Å². The molecule has 0 amide bonds. The van der Waals surface area contributed by atoms with Crippen LogP contribution in [0.1, 0.15) is 11.7 Å². The lowest BCUT2D eigenvalue weighted by atomic mass is 9.99. The lowest BCUT2D eigenvalue weighted by Gasteiger charge is -2.17. The minimum atomic E-state index is -1.13. The standard InChI is InChI=1S/C12H12N4O2/c13-16-15-7-11(17)12(18)9-3-1-5-10-8(9)4-2-6-14-10/h1-6,11-12,17-18H,7H2. The van der Waals surface area contributed by atoms with E-state index in [2.05, 4.69) is 15.0 Å². The van der Waals surface area contributed by atoms with Gasteiger partial charge in [0.15, 0.2) is 0 Å². The molecule has 92 valence electrons. The van der Waals surface area contributed by atoms with E-state index in [9.17, 15) is 10.2 Å². The summed E-state index contributed by atoms with van der Waals surface area (Å²) in [5, 5.41) is 23.8. The average Bonchev–Trinajstić information content (AvgIpc) is 2.43. The predicted octanol–water partition coefficient (Wildman–Crippen LogP) is 1.94. The molecule has 0 bridgehead atoms. The van der Waals surface area contributed by atoms with E-state index >= 15 is 0 Å². The predicted molar refractivity (Wildman–Crippen MR) is 66.7 cm³/mol. The normalized spacial score (nSPS) is 13.9. The van der Waals surface area contributed by atoms with E-state index in [1.807, 2.05) is 12.1 Å². The van der Waals surface area contributed by atoms with Crippen LogP contribution in [0.5, 0.6) is 0 Å². The highest BCUT2D eigenvalue weighted by Crippen LogP contribution is 2.25. The van der Waals surface area contributed by atoms with Gasteiger partial charge in [-0.2, -0.15) is 0 Å². The van der Waals surface area contributed by atoms with Crippen molar-refractivity contribution in [1.29, 1.82) is 0 Å². The molecule has 0 radical (unpaired) electrons. The number of rotatable bonds is 4. The molecular formula is C12H12N4O2. The molecule has 2 aromatic rings. The SMILES string of the molecule is [N-]=[N+]=NCC(O)C(O)c1cccc2ncccc12. The van der Waals surface area contributed by atoms with Gasteiger partial charge >= 0.3 is 0 Å². The Labute approximate surface area is 103 Å². The number of fused-ring (bicyclic) bond motifs is 1. The van der Waals surface area contributed by atoms with Crippen molar-refractivity contribution in [2.75, 3.05) is 6.54 Å². The molecule has 1 aromatic carbocycles. The Morgan fingerprint density at radius 2 is 2.11 bits per heavy atom. The van der Waals surface area contributed by atoms with Gasteiger partial charge in [-0.25, -0.2) is 0 Å². The first-order valence-corrected chi connectivity index (χ1v) is 5.44. The van der Waals surface area contributed by atoms with Crippen LogP contribution in [0.25, 0.3) is 21.3 Å². The van der Waals surface area contributed by atoms with Crippen LogP contribution in [0.15, 0.2) is 41.6 Å². The number of nitrogens with zero attached hydrogens (tertiary/aromatic N) is 4. The molecule has 6 heteroatoms. The third kappa shape index (κ3) is 2.41. The molecule has 0 aliphatic rings. The summed E-state index contributed by atoms with van der Waals surface area (Å²) in [6, 6.07) is 8.88. The number of pyridine rings is 1. The highest BCUT2D eigenvalue weighted by atomic mass is 16.3. The first kappa shape index (κ1) is 12.3. The molecule has 0 saturated heterocycles.